The van der Waals surface area contributed by atoms with Crippen molar-refractivity contribution >= 4 is 39.0 Å². The van der Waals surface area contributed by atoms with Crippen LogP contribution in [-0.2, 0) is 15.7 Å². The molecule has 0 radical (unpaired) electrons. The third kappa shape index (κ3) is 4.35. The number of carbonyl (C=O) groups excluding carboxylic acids is 2. The van der Waals surface area contributed by atoms with Gasteiger partial charge in [-0.05, 0) is 40.3 Å². The van der Waals surface area contributed by atoms with Crippen LogP contribution in [0.2, 0.25) is 0 Å². The Balaban J connectivity index is 1.83. The Labute approximate surface area is 192 Å². The summed E-state index contributed by atoms with van der Waals surface area (Å²) in [7, 11) is 1.53. The summed E-state index contributed by atoms with van der Waals surface area (Å²) in [6.45, 7) is 1.74. The smallest absolute Gasteiger partial charge is 0.416 e. The first-order valence-electron chi connectivity index (χ1n) is 10.2. The van der Waals surface area contributed by atoms with Gasteiger partial charge in [0.15, 0.2) is 12.0 Å². The van der Waals surface area contributed by atoms with Crippen molar-refractivity contribution in [1.82, 2.24) is 5.32 Å². The zero-order chi connectivity index (χ0) is 23.8. The first-order valence-corrected chi connectivity index (χ1v) is 11.2. The van der Waals surface area contributed by atoms with E-state index in [9.17, 15) is 22.8 Å². The lowest BCUT2D eigenvalue weighted by molar-refractivity contribution is -0.137. The maximum Gasteiger partial charge on any atom is 0.416 e. The van der Waals surface area contributed by atoms with E-state index < -0.39 is 28.7 Å². The minimum absolute atomic E-state index is 0.0121. The van der Waals surface area contributed by atoms with Crippen LogP contribution in [0.15, 0.2) is 66.5 Å². The molecule has 0 fully saturated rings. The molecule has 0 saturated heterocycles. The number of Topliss-reactive ketones (excluding diaryl/α,β-unsaturated/α-hetero) is 1. The predicted octanol–water partition coefficient (Wildman–Crippen LogP) is 5.98. The van der Waals surface area contributed by atoms with Gasteiger partial charge in [-0.3, -0.25) is 9.59 Å². The zero-order valence-corrected chi connectivity index (χ0v) is 18.6. The van der Waals surface area contributed by atoms with Crippen LogP contribution in [0.3, 0.4) is 0 Å². The van der Waals surface area contributed by atoms with Crippen molar-refractivity contribution in [3.05, 3.63) is 88.8 Å². The lowest BCUT2D eigenvalue weighted by atomic mass is 9.92. The molecule has 4 rings (SSSR count). The SMILES string of the molecule is CCSC(=O)c1cc(C2=C(NC)OC(c3cccc4ccccc34)C2=O)cc(C(F)(F)F)c1. The number of halogens is 3. The van der Waals surface area contributed by atoms with Gasteiger partial charge < -0.3 is 10.1 Å². The van der Waals surface area contributed by atoms with E-state index in [1.54, 1.807) is 19.1 Å². The van der Waals surface area contributed by atoms with Crippen LogP contribution in [0.1, 0.15) is 40.1 Å². The van der Waals surface area contributed by atoms with Gasteiger partial charge >= 0.3 is 6.18 Å². The molecule has 3 aromatic carbocycles. The fourth-order valence-electron chi connectivity index (χ4n) is 3.88. The second kappa shape index (κ2) is 8.94. The normalized spacial score (nSPS) is 16.3. The second-order valence-electron chi connectivity index (χ2n) is 7.40. The summed E-state index contributed by atoms with van der Waals surface area (Å²) in [6.07, 6.45) is -5.70. The Hall–Kier alpha value is -3.26. The molecule has 0 bridgehead atoms. The highest BCUT2D eigenvalue weighted by Crippen LogP contribution is 2.41. The molecule has 0 saturated carbocycles. The standard InChI is InChI=1S/C25H20F3NO3S/c1-3-33-24(31)16-11-15(12-17(13-16)25(26,27)28)20-21(30)22(32-23(20)29-2)19-10-6-8-14-7-4-5-9-18(14)19/h4-13,22,29H,3H2,1-2H3. The van der Waals surface area contributed by atoms with Crippen LogP contribution in [-0.4, -0.2) is 23.7 Å². The van der Waals surface area contributed by atoms with Gasteiger partial charge in [0, 0.05) is 18.2 Å². The Morgan fingerprint density at radius 3 is 2.52 bits per heavy atom. The number of alkyl halides is 3. The maximum absolute atomic E-state index is 13.6. The van der Waals surface area contributed by atoms with Crippen molar-refractivity contribution < 1.29 is 27.5 Å². The van der Waals surface area contributed by atoms with E-state index in [0.717, 1.165) is 34.7 Å². The maximum atomic E-state index is 13.6. The quantitative estimate of drug-likeness (QED) is 0.496. The number of carbonyl (C=O) groups is 2. The Kier molecular flexibility index (Phi) is 6.21. The number of benzene rings is 3. The number of ketones is 1. The average molecular weight is 472 g/mol. The summed E-state index contributed by atoms with van der Waals surface area (Å²) >= 11 is 0.907. The Morgan fingerprint density at radius 2 is 1.82 bits per heavy atom. The largest absolute Gasteiger partial charge is 0.462 e. The summed E-state index contributed by atoms with van der Waals surface area (Å²) in [5.41, 5.74) is -0.523. The number of nitrogens with one attached hydrogen (secondary N) is 1. The van der Waals surface area contributed by atoms with E-state index in [4.69, 9.17) is 4.74 Å². The molecule has 0 aromatic heterocycles. The predicted molar refractivity (Wildman–Crippen MR) is 123 cm³/mol. The molecule has 1 heterocycles. The molecule has 8 heteroatoms. The van der Waals surface area contributed by atoms with Crippen LogP contribution in [0, 0.1) is 0 Å². The van der Waals surface area contributed by atoms with Crippen molar-refractivity contribution in [2.45, 2.75) is 19.2 Å². The monoisotopic (exact) mass is 471 g/mol. The van der Waals surface area contributed by atoms with E-state index >= 15 is 0 Å². The first-order chi connectivity index (χ1) is 15.7. The van der Waals surface area contributed by atoms with Gasteiger partial charge in [-0.2, -0.15) is 13.2 Å². The van der Waals surface area contributed by atoms with Crippen molar-refractivity contribution in [1.29, 1.82) is 0 Å². The van der Waals surface area contributed by atoms with E-state index in [2.05, 4.69) is 5.32 Å². The molecule has 4 nitrogen and oxygen atoms in total. The van der Waals surface area contributed by atoms with Crippen LogP contribution in [0.4, 0.5) is 13.2 Å². The summed E-state index contributed by atoms with van der Waals surface area (Å²) in [4.78, 5) is 25.9. The van der Waals surface area contributed by atoms with Gasteiger partial charge in [-0.15, -0.1) is 0 Å². The Morgan fingerprint density at radius 1 is 1.09 bits per heavy atom. The zero-order valence-electron chi connectivity index (χ0n) is 17.8. The molecule has 33 heavy (non-hydrogen) atoms. The van der Waals surface area contributed by atoms with Crippen molar-refractivity contribution in [2.24, 2.45) is 0 Å². The van der Waals surface area contributed by atoms with E-state index in [0.29, 0.717) is 11.3 Å². The fourth-order valence-corrected chi connectivity index (χ4v) is 4.43. The van der Waals surface area contributed by atoms with Crippen molar-refractivity contribution in [2.75, 3.05) is 12.8 Å². The summed E-state index contributed by atoms with van der Waals surface area (Å²) in [5, 5.41) is 4.02. The Bertz CT molecular complexity index is 1280. The average Bonchev–Trinajstić information content (AvgIpc) is 3.14. The topological polar surface area (TPSA) is 55.4 Å². The third-order valence-corrected chi connectivity index (χ3v) is 6.13. The lowest BCUT2D eigenvalue weighted by Crippen LogP contribution is -2.12. The van der Waals surface area contributed by atoms with Crippen LogP contribution in [0.5, 0.6) is 0 Å². The minimum Gasteiger partial charge on any atom is -0.462 e. The number of ether oxygens (including phenoxy) is 1. The lowest BCUT2D eigenvalue weighted by Gasteiger charge is -2.14. The van der Waals surface area contributed by atoms with Crippen molar-refractivity contribution in [3.63, 3.8) is 0 Å². The second-order valence-corrected chi connectivity index (χ2v) is 8.64. The van der Waals surface area contributed by atoms with E-state index in [1.165, 1.54) is 13.1 Å². The molecule has 1 aliphatic rings. The molecule has 0 aliphatic carbocycles. The summed E-state index contributed by atoms with van der Waals surface area (Å²) < 4.78 is 46.7. The number of rotatable bonds is 5. The molecular weight excluding hydrogens is 451 g/mol. The van der Waals surface area contributed by atoms with Gasteiger partial charge in [0.2, 0.25) is 10.9 Å². The third-order valence-electron chi connectivity index (χ3n) is 5.34. The highest BCUT2D eigenvalue weighted by atomic mass is 32.2. The fraction of sp³-hybridized carbons (Fsp3) is 0.200. The van der Waals surface area contributed by atoms with Gasteiger partial charge in [0.1, 0.15) is 0 Å². The number of hydrogen-bond donors (Lipinski definition) is 1. The number of thioether (sulfide) groups is 1. The molecule has 1 atom stereocenters. The molecule has 1 aliphatic heterocycles. The molecule has 0 amide bonds. The molecule has 170 valence electrons. The first kappa shape index (κ1) is 22.9. The molecule has 1 N–H and O–H groups in total. The van der Waals surface area contributed by atoms with Crippen molar-refractivity contribution in [3.8, 4) is 0 Å². The molecule has 3 aromatic rings. The van der Waals surface area contributed by atoms with Gasteiger partial charge in [-0.1, -0.05) is 61.2 Å². The number of fused-ring (bicyclic) bond motifs is 1. The summed E-state index contributed by atoms with van der Waals surface area (Å²) in [5.74, 6) is 0.00968. The number of hydrogen-bond acceptors (Lipinski definition) is 5. The molecule has 1 unspecified atom stereocenters. The molecular formula is C25H20F3NO3S. The highest BCUT2D eigenvalue weighted by Gasteiger charge is 2.39. The minimum atomic E-state index is -4.68. The van der Waals surface area contributed by atoms with Gasteiger partial charge in [0.05, 0.1) is 11.1 Å². The summed E-state index contributed by atoms with van der Waals surface area (Å²) in [6, 6.07) is 16.0. The molecule has 0 spiro atoms. The van der Waals surface area contributed by atoms with Crippen LogP contribution >= 0.6 is 11.8 Å². The van der Waals surface area contributed by atoms with Gasteiger partial charge in [0.25, 0.3) is 0 Å². The van der Waals surface area contributed by atoms with E-state index in [-0.39, 0.29) is 22.6 Å². The van der Waals surface area contributed by atoms with Crippen LogP contribution in [0.25, 0.3) is 16.3 Å². The highest BCUT2D eigenvalue weighted by molar-refractivity contribution is 8.14. The van der Waals surface area contributed by atoms with Gasteiger partial charge in [-0.25, -0.2) is 0 Å². The van der Waals surface area contributed by atoms with Crippen LogP contribution < -0.4 is 5.32 Å². The van der Waals surface area contributed by atoms with E-state index in [1.807, 2.05) is 30.3 Å².